The van der Waals surface area contributed by atoms with E-state index in [-0.39, 0.29) is 23.9 Å². The molecule has 0 aliphatic rings. The smallest absolute Gasteiger partial charge is 0.270 e. The van der Waals surface area contributed by atoms with Crippen molar-refractivity contribution in [2.24, 2.45) is 7.05 Å². The van der Waals surface area contributed by atoms with Crippen molar-refractivity contribution in [1.82, 2.24) is 25.1 Å². The molecule has 1 unspecified atom stereocenters. The molecule has 24 heavy (non-hydrogen) atoms. The van der Waals surface area contributed by atoms with E-state index in [1.807, 2.05) is 38.4 Å². The molecule has 0 saturated heterocycles. The molecule has 0 radical (unpaired) electrons. The molecule has 7 nitrogen and oxygen atoms in total. The fraction of sp³-hybridized carbons (Fsp3) is 0.294. The van der Waals surface area contributed by atoms with E-state index in [0.717, 1.165) is 11.1 Å². The third kappa shape index (κ3) is 3.51. The number of rotatable bonds is 5. The average Bonchev–Trinajstić information content (AvgIpc) is 2.99. The molecule has 2 aromatic heterocycles. The lowest BCUT2D eigenvalue weighted by Gasteiger charge is -2.11. The maximum absolute atomic E-state index is 12.1. The van der Waals surface area contributed by atoms with Crippen molar-refractivity contribution in [2.75, 3.05) is 0 Å². The molecule has 2 N–H and O–H groups in total. The number of nitrogens with one attached hydrogen (secondary N) is 2. The van der Waals surface area contributed by atoms with E-state index in [9.17, 15) is 9.59 Å². The minimum atomic E-state index is -0.248. The molecular weight excluding hydrogens is 306 g/mol. The van der Waals surface area contributed by atoms with Crippen LogP contribution in [-0.4, -0.2) is 25.7 Å². The Morgan fingerprint density at radius 3 is 2.92 bits per heavy atom. The molecule has 2 heterocycles. The first-order valence-corrected chi connectivity index (χ1v) is 7.79. The van der Waals surface area contributed by atoms with E-state index in [4.69, 9.17) is 0 Å². The summed E-state index contributed by atoms with van der Waals surface area (Å²) in [5, 5.41) is 6.99. The Morgan fingerprint density at radius 2 is 2.17 bits per heavy atom. The van der Waals surface area contributed by atoms with Gasteiger partial charge < -0.3 is 10.3 Å². The SMILES string of the molecule is CC(NC(=O)CCc1nc2ccccc2[nH]c1=O)c1cnn(C)c1. The van der Waals surface area contributed by atoms with Gasteiger partial charge in [-0.1, -0.05) is 12.1 Å². The van der Waals surface area contributed by atoms with Crippen LogP contribution in [0.4, 0.5) is 0 Å². The molecule has 3 rings (SSSR count). The predicted octanol–water partition coefficient (Wildman–Crippen LogP) is 1.47. The Kier molecular flexibility index (Phi) is 4.41. The van der Waals surface area contributed by atoms with Gasteiger partial charge in [0, 0.05) is 31.6 Å². The first-order chi connectivity index (χ1) is 11.5. The summed E-state index contributed by atoms with van der Waals surface area (Å²) in [4.78, 5) is 31.3. The summed E-state index contributed by atoms with van der Waals surface area (Å²) in [7, 11) is 1.83. The number of para-hydroxylation sites is 2. The maximum Gasteiger partial charge on any atom is 0.270 e. The van der Waals surface area contributed by atoms with E-state index in [1.165, 1.54) is 0 Å². The summed E-state index contributed by atoms with van der Waals surface area (Å²) in [5.74, 6) is -0.124. The highest BCUT2D eigenvalue weighted by atomic mass is 16.1. The Balaban J connectivity index is 1.64. The molecule has 0 spiro atoms. The summed E-state index contributed by atoms with van der Waals surface area (Å²) in [6, 6.07) is 7.20. The number of hydrogen-bond acceptors (Lipinski definition) is 4. The van der Waals surface area contributed by atoms with Crippen LogP contribution >= 0.6 is 0 Å². The standard InChI is InChI=1S/C17H19N5O2/c1-11(12-9-18-22(2)10-12)19-16(23)8-7-15-17(24)21-14-6-4-3-5-13(14)20-15/h3-6,9-11H,7-8H2,1-2H3,(H,19,23)(H,21,24). The molecule has 3 aromatic rings. The maximum atomic E-state index is 12.1. The number of aryl methyl sites for hydroxylation is 2. The lowest BCUT2D eigenvalue weighted by Crippen LogP contribution is -2.27. The quantitative estimate of drug-likeness (QED) is 0.743. The van der Waals surface area contributed by atoms with Crippen LogP contribution in [0.25, 0.3) is 11.0 Å². The fourth-order valence-electron chi connectivity index (χ4n) is 2.53. The summed E-state index contributed by atoms with van der Waals surface area (Å²) in [6.07, 6.45) is 4.09. The molecule has 0 fully saturated rings. The van der Waals surface area contributed by atoms with Crippen molar-refractivity contribution in [1.29, 1.82) is 0 Å². The highest BCUT2D eigenvalue weighted by Gasteiger charge is 2.12. The number of H-pyrrole nitrogens is 1. The minimum absolute atomic E-state index is 0.124. The van der Waals surface area contributed by atoms with Gasteiger partial charge in [0.1, 0.15) is 5.69 Å². The van der Waals surface area contributed by atoms with Crippen LogP contribution < -0.4 is 10.9 Å². The number of amides is 1. The number of carbonyl (C=O) groups is 1. The normalized spacial score (nSPS) is 12.2. The van der Waals surface area contributed by atoms with E-state index < -0.39 is 0 Å². The van der Waals surface area contributed by atoms with E-state index in [2.05, 4.69) is 20.4 Å². The topological polar surface area (TPSA) is 92.7 Å². The lowest BCUT2D eigenvalue weighted by atomic mass is 10.1. The molecule has 0 aliphatic heterocycles. The average molecular weight is 325 g/mol. The third-order valence-corrected chi connectivity index (χ3v) is 3.86. The molecule has 7 heteroatoms. The van der Waals surface area contributed by atoms with Crippen molar-refractivity contribution in [3.05, 3.63) is 58.3 Å². The summed E-state index contributed by atoms with van der Waals surface area (Å²) in [5.41, 5.74) is 2.48. The third-order valence-electron chi connectivity index (χ3n) is 3.86. The second-order valence-corrected chi connectivity index (χ2v) is 5.77. The zero-order valence-corrected chi connectivity index (χ0v) is 13.6. The molecular formula is C17H19N5O2. The number of fused-ring (bicyclic) bond motifs is 1. The number of nitrogens with zero attached hydrogens (tertiary/aromatic N) is 3. The van der Waals surface area contributed by atoms with Crippen molar-refractivity contribution < 1.29 is 4.79 Å². The van der Waals surface area contributed by atoms with Gasteiger partial charge in [0.2, 0.25) is 5.91 Å². The van der Waals surface area contributed by atoms with Gasteiger partial charge in [-0.05, 0) is 19.1 Å². The van der Waals surface area contributed by atoms with Gasteiger partial charge in [-0.25, -0.2) is 4.98 Å². The Hall–Kier alpha value is -2.96. The molecule has 0 bridgehead atoms. The van der Waals surface area contributed by atoms with E-state index in [0.29, 0.717) is 17.6 Å². The number of aromatic amines is 1. The van der Waals surface area contributed by atoms with Crippen molar-refractivity contribution in [2.45, 2.75) is 25.8 Å². The van der Waals surface area contributed by atoms with Gasteiger partial charge >= 0.3 is 0 Å². The Bertz CT molecular complexity index is 928. The van der Waals surface area contributed by atoms with Crippen LogP contribution in [0.1, 0.15) is 30.6 Å². The summed E-state index contributed by atoms with van der Waals surface area (Å²) < 4.78 is 1.69. The van der Waals surface area contributed by atoms with Crippen LogP contribution in [0.3, 0.4) is 0 Å². The van der Waals surface area contributed by atoms with E-state index in [1.54, 1.807) is 16.9 Å². The first kappa shape index (κ1) is 15.9. The number of hydrogen-bond donors (Lipinski definition) is 2. The number of benzene rings is 1. The van der Waals surface area contributed by atoms with Gasteiger partial charge in [0.25, 0.3) is 5.56 Å². The monoisotopic (exact) mass is 325 g/mol. The Morgan fingerprint density at radius 1 is 1.38 bits per heavy atom. The van der Waals surface area contributed by atoms with Crippen LogP contribution in [-0.2, 0) is 18.3 Å². The van der Waals surface area contributed by atoms with Crippen LogP contribution in [0, 0.1) is 0 Å². The molecule has 1 aromatic carbocycles. The largest absolute Gasteiger partial charge is 0.349 e. The molecule has 1 atom stereocenters. The van der Waals surface area contributed by atoms with Gasteiger partial charge in [0.05, 0.1) is 23.3 Å². The summed E-state index contributed by atoms with van der Waals surface area (Å²) >= 11 is 0. The Labute approximate surface area is 138 Å². The molecule has 124 valence electrons. The van der Waals surface area contributed by atoms with Gasteiger partial charge in [-0.15, -0.1) is 0 Å². The van der Waals surface area contributed by atoms with E-state index >= 15 is 0 Å². The predicted molar refractivity (Wildman–Crippen MR) is 90.5 cm³/mol. The van der Waals surface area contributed by atoms with Crippen LogP contribution in [0.2, 0.25) is 0 Å². The van der Waals surface area contributed by atoms with Gasteiger partial charge in [-0.2, -0.15) is 5.10 Å². The minimum Gasteiger partial charge on any atom is -0.349 e. The fourth-order valence-corrected chi connectivity index (χ4v) is 2.53. The molecule has 1 amide bonds. The zero-order valence-electron chi connectivity index (χ0n) is 13.6. The number of carbonyl (C=O) groups excluding carboxylic acids is 1. The van der Waals surface area contributed by atoms with Crippen LogP contribution in [0.15, 0.2) is 41.5 Å². The van der Waals surface area contributed by atoms with Gasteiger partial charge in [-0.3, -0.25) is 14.3 Å². The summed E-state index contributed by atoms with van der Waals surface area (Å²) in [6.45, 7) is 1.90. The van der Waals surface area contributed by atoms with Crippen LogP contribution in [0.5, 0.6) is 0 Å². The number of aromatic nitrogens is 4. The second-order valence-electron chi connectivity index (χ2n) is 5.77. The highest BCUT2D eigenvalue weighted by molar-refractivity contribution is 5.77. The first-order valence-electron chi connectivity index (χ1n) is 7.79. The lowest BCUT2D eigenvalue weighted by molar-refractivity contribution is -0.121. The second kappa shape index (κ2) is 6.66. The highest BCUT2D eigenvalue weighted by Crippen LogP contribution is 2.11. The van der Waals surface area contributed by atoms with Crippen molar-refractivity contribution in [3.63, 3.8) is 0 Å². The zero-order chi connectivity index (χ0) is 17.1. The molecule has 0 aliphatic carbocycles. The van der Waals surface area contributed by atoms with Crippen molar-refractivity contribution >= 4 is 16.9 Å². The van der Waals surface area contributed by atoms with Crippen molar-refractivity contribution in [3.8, 4) is 0 Å². The van der Waals surface area contributed by atoms with Gasteiger partial charge in [0.15, 0.2) is 0 Å². The molecule has 0 saturated carbocycles.